The molecule has 0 aliphatic carbocycles. The largest absolute Gasteiger partial charge is 0.318 e. The molecule has 0 saturated carbocycles. The first-order valence-corrected chi connectivity index (χ1v) is 5.71. The van der Waals surface area contributed by atoms with Crippen LogP contribution in [0, 0.1) is 11.3 Å². The van der Waals surface area contributed by atoms with Crippen molar-refractivity contribution < 1.29 is 0 Å². The third kappa shape index (κ3) is 1.92. The Morgan fingerprint density at radius 1 is 1.50 bits per heavy atom. The van der Waals surface area contributed by atoms with E-state index >= 15 is 0 Å². The Morgan fingerprint density at radius 3 is 2.94 bits per heavy atom. The summed E-state index contributed by atoms with van der Waals surface area (Å²) in [6.07, 6.45) is 0. The van der Waals surface area contributed by atoms with Gasteiger partial charge in [-0.25, -0.2) is 0 Å². The molecule has 2 aromatic rings. The minimum absolute atomic E-state index is 0.300. The highest BCUT2D eigenvalue weighted by Crippen LogP contribution is 2.15. The van der Waals surface area contributed by atoms with Gasteiger partial charge in [-0.1, -0.05) is 23.5 Å². The SMILES string of the molecule is CN(CC#N)/N=c1\sc2ccccc2n1C. The molecule has 0 saturated heterocycles. The van der Waals surface area contributed by atoms with Crippen molar-refractivity contribution in [2.75, 3.05) is 13.6 Å². The fourth-order valence-corrected chi connectivity index (χ4v) is 2.53. The van der Waals surface area contributed by atoms with Crippen LogP contribution in [0.3, 0.4) is 0 Å². The number of benzene rings is 1. The number of aromatic nitrogens is 1. The Morgan fingerprint density at radius 2 is 2.25 bits per heavy atom. The quantitative estimate of drug-likeness (QED) is 0.582. The fraction of sp³-hybridized carbons (Fsp3) is 0.273. The Labute approximate surface area is 97.7 Å². The lowest BCUT2D eigenvalue weighted by molar-refractivity contribution is 0.381. The van der Waals surface area contributed by atoms with E-state index in [9.17, 15) is 0 Å². The predicted molar refractivity (Wildman–Crippen MR) is 64.6 cm³/mol. The number of nitriles is 1. The minimum atomic E-state index is 0.300. The number of para-hydroxylation sites is 1. The van der Waals surface area contributed by atoms with E-state index in [1.54, 1.807) is 23.4 Å². The lowest BCUT2D eigenvalue weighted by Gasteiger charge is -2.05. The molecule has 0 spiro atoms. The van der Waals surface area contributed by atoms with Gasteiger partial charge in [0.25, 0.3) is 0 Å². The summed E-state index contributed by atoms with van der Waals surface area (Å²) in [5.74, 6) is 0. The Hall–Kier alpha value is -1.80. The van der Waals surface area contributed by atoms with Crippen LogP contribution >= 0.6 is 11.3 Å². The molecule has 1 heterocycles. The smallest absolute Gasteiger partial charge is 0.208 e. The van der Waals surface area contributed by atoms with Gasteiger partial charge in [-0.3, -0.25) is 5.01 Å². The summed E-state index contributed by atoms with van der Waals surface area (Å²) in [6.45, 7) is 0.300. The van der Waals surface area contributed by atoms with Crippen LogP contribution in [0.5, 0.6) is 0 Å². The topological polar surface area (TPSA) is 44.3 Å². The number of hydrogen-bond donors (Lipinski definition) is 0. The second-order valence-electron chi connectivity index (χ2n) is 3.49. The number of rotatable bonds is 2. The third-order valence-electron chi connectivity index (χ3n) is 2.27. The van der Waals surface area contributed by atoms with Crippen LogP contribution in [-0.4, -0.2) is 23.2 Å². The maximum atomic E-state index is 8.57. The zero-order chi connectivity index (χ0) is 11.5. The molecule has 0 bridgehead atoms. The molecule has 0 N–H and O–H groups in total. The maximum Gasteiger partial charge on any atom is 0.208 e. The number of nitrogens with zero attached hydrogens (tertiary/aromatic N) is 4. The predicted octanol–water partition coefficient (Wildman–Crippen LogP) is 1.51. The highest BCUT2D eigenvalue weighted by Gasteiger charge is 2.01. The van der Waals surface area contributed by atoms with Gasteiger partial charge in [0, 0.05) is 14.1 Å². The van der Waals surface area contributed by atoms with E-state index in [2.05, 4.69) is 23.3 Å². The molecule has 5 heteroatoms. The number of thiazole rings is 1. The van der Waals surface area contributed by atoms with Crippen LogP contribution in [0.1, 0.15) is 0 Å². The van der Waals surface area contributed by atoms with E-state index in [4.69, 9.17) is 5.26 Å². The number of hydrogen-bond acceptors (Lipinski definition) is 4. The second kappa shape index (κ2) is 4.37. The maximum absolute atomic E-state index is 8.57. The van der Waals surface area contributed by atoms with E-state index in [0.29, 0.717) is 6.54 Å². The standard InChI is InChI=1S/C11H12N4S/c1-14(8-7-12)13-11-15(2)9-5-3-4-6-10(9)16-11/h3-6H,8H2,1-2H3/b13-11-. The van der Waals surface area contributed by atoms with Gasteiger partial charge in [-0.15, -0.1) is 5.10 Å². The van der Waals surface area contributed by atoms with E-state index in [1.807, 2.05) is 23.7 Å². The van der Waals surface area contributed by atoms with Gasteiger partial charge in [0.1, 0.15) is 6.54 Å². The zero-order valence-electron chi connectivity index (χ0n) is 9.21. The molecule has 0 aliphatic rings. The van der Waals surface area contributed by atoms with E-state index < -0.39 is 0 Å². The number of fused-ring (bicyclic) bond motifs is 1. The molecular weight excluding hydrogens is 220 g/mol. The van der Waals surface area contributed by atoms with Gasteiger partial charge in [-0.2, -0.15) is 5.26 Å². The monoisotopic (exact) mass is 232 g/mol. The first-order chi connectivity index (χ1) is 7.72. The molecular formula is C11H12N4S. The molecule has 0 radical (unpaired) electrons. The van der Waals surface area contributed by atoms with Gasteiger partial charge < -0.3 is 4.57 Å². The zero-order valence-corrected chi connectivity index (χ0v) is 10.0. The van der Waals surface area contributed by atoms with E-state index in [1.165, 1.54) is 4.70 Å². The molecule has 0 atom stereocenters. The molecule has 82 valence electrons. The van der Waals surface area contributed by atoms with Crippen molar-refractivity contribution in [3.05, 3.63) is 29.1 Å². The first kappa shape index (κ1) is 10.7. The van der Waals surface area contributed by atoms with Crippen molar-refractivity contribution in [3.63, 3.8) is 0 Å². The van der Waals surface area contributed by atoms with Gasteiger partial charge in [0.15, 0.2) is 0 Å². The van der Waals surface area contributed by atoms with Crippen molar-refractivity contribution in [1.82, 2.24) is 9.58 Å². The van der Waals surface area contributed by atoms with Crippen molar-refractivity contribution in [2.45, 2.75) is 0 Å². The molecule has 1 aromatic heterocycles. The molecule has 16 heavy (non-hydrogen) atoms. The van der Waals surface area contributed by atoms with Crippen molar-refractivity contribution in [2.24, 2.45) is 12.1 Å². The summed E-state index contributed by atoms with van der Waals surface area (Å²) >= 11 is 1.62. The summed E-state index contributed by atoms with van der Waals surface area (Å²) in [7, 11) is 3.78. The van der Waals surface area contributed by atoms with Crippen LogP contribution in [0.4, 0.5) is 0 Å². The Balaban J connectivity index is 2.54. The number of aryl methyl sites for hydroxylation is 1. The van der Waals surface area contributed by atoms with Crippen LogP contribution < -0.4 is 4.80 Å². The average molecular weight is 232 g/mol. The lowest BCUT2D eigenvalue weighted by Crippen LogP contribution is -2.19. The lowest BCUT2D eigenvalue weighted by atomic mass is 10.3. The average Bonchev–Trinajstić information content (AvgIpc) is 2.57. The normalized spacial score (nSPS) is 11.7. The van der Waals surface area contributed by atoms with E-state index in [0.717, 1.165) is 10.3 Å². The van der Waals surface area contributed by atoms with Gasteiger partial charge >= 0.3 is 0 Å². The molecule has 0 unspecified atom stereocenters. The molecule has 4 nitrogen and oxygen atoms in total. The van der Waals surface area contributed by atoms with E-state index in [-0.39, 0.29) is 0 Å². The van der Waals surface area contributed by atoms with Gasteiger partial charge in [0.2, 0.25) is 4.80 Å². The third-order valence-corrected chi connectivity index (χ3v) is 3.37. The van der Waals surface area contributed by atoms with Crippen molar-refractivity contribution in [3.8, 4) is 6.07 Å². The summed E-state index contributed by atoms with van der Waals surface area (Å²) in [5.41, 5.74) is 1.16. The minimum Gasteiger partial charge on any atom is -0.318 e. The molecule has 1 aromatic carbocycles. The summed E-state index contributed by atoms with van der Waals surface area (Å²) in [6, 6.07) is 10.2. The highest BCUT2D eigenvalue weighted by atomic mass is 32.1. The highest BCUT2D eigenvalue weighted by molar-refractivity contribution is 7.16. The summed E-state index contributed by atoms with van der Waals surface area (Å²) in [5, 5.41) is 14.6. The summed E-state index contributed by atoms with van der Waals surface area (Å²) < 4.78 is 3.24. The van der Waals surface area contributed by atoms with Crippen LogP contribution in [-0.2, 0) is 7.05 Å². The molecule has 2 rings (SSSR count). The van der Waals surface area contributed by atoms with Crippen LogP contribution in [0.25, 0.3) is 10.2 Å². The van der Waals surface area contributed by atoms with Crippen LogP contribution in [0.15, 0.2) is 29.4 Å². The van der Waals surface area contributed by atoms with Crippen molar-refractivity contribution >= 4 is 21.6 Å². The molecule has 0 fully saturated rings. The Kier molecular flexibility index (Phi) is 2.93. The van der Waals surface area contributed by atoms with Gasteiger partial charge in [0.05, 0.1) is 16.3 Å². The van der Waals surface area contributed by atoms with Crippen LogP contribution in [0.2, 0.25) is 0 Å². The molecule has 0 amide bonds. The Bertz CT molecular complexity index is 602. The molecule has 0 aliphatic heterocycles. The van der Waals surface area contributed by atoms with Gasteiger partial charge in [-0.05, 0) is 12.1 Å². The second-order valence-corrected chi connectivity index (χ2v) is 4.49. The summed E-state index contributed by atoms with van der Waals surface area (Å²) in [4.78, 5) is 0.902. The van der Waals surface area contributed by atoms with Crippen molar-refractivity contribution in [1.29, 1.82) is 5.26 Å². The fourth-order valence-electron chi connectivity index (χ4n) is 1.46. The first-order valence-electron chi connectivity index (χ1n) is 4.89.